The standard InChI is InChI=1S/C14H11ClF3N3O/c15-8-2-1-3-10(6-8)21-12(14(16,17)18)11(7-19-21)13(22)20-9-4-5-9/h1-3,6-7,9H,4-5H2,(H,20,22). The minimum atomic E-state index is -4.71. The minimum absolute atomic E-state index is 0.0388. The zero-order valence-electron chi connectivity index (χ0n) is 11.2. The fraction of sp³-hybridized carbons (Fsp3) is 0.286. The minimum Gasteiger partial charge on any atom is -0.349 e. The molecular formula is C14H11ClF3N3O. The van der Waals surface area contributed by atoms with Crippen molar-refractivity contribution in [3.8, 4) is 5.69 Å². The maximum atomic E-state index is 13.4. The highest BCUT2D eigenvalue weighted by atomic mass is 35.5. The smallest absolute Gasteiger partial charge is 0.349 e. The summed E-state index contributed by atoms with van der Waals surface area (Å²) in [6.45, 7) is 0. The Morgan fingerprint density at radius 2 is 2.09 bits per heavy atom. The molecule has 0 unspecified atom stereocenters. The molecule has 2 aromatic rings. The average molecular weight is 330 g/mol. The van der Waals surface area contributed by atoms with Gasteiger partial charge in [0.2, 0.25) is 0 Å². The van der Waals surface area contributed by atoms with Gasteiger partial charge >= 0.3 is 6.18 Å². The van der Waals surface area contributed by atoms with Crippen molar-refractivity contribution in [2.45, 2.75) is 25.1 Å². The molecule has 1 aliphatic carbocycles. The van der Waals surface area contributed by atoms with E-state index in [1.165, 1.54) is 18.2 Å². The Morgan fingerprint density at radius 3 is 2.68 bits per heavy atom. The number of benzene rings is 1. The van der Waals surface area contributed by atoms with Crippen LogP contribution in [0, 0.1) is 0 Å². The number of aromatic nitrogens is 2. The molecule has 0 spiro atoms. The summed E-state index contributed by atoms with van der Waals surface area (Å²) in [7, 11) is 0. The zero-order valence-corrected chi connectivity index (χ0v) is 11.9. The molecule has 0 aliphatic heterocycles. The van der Waals surface area contributed by atoms with Gasteiger partial charge in [-0.15, -0.1) is 0 Å². The molecule has 0 saturated heterocycles. The fourth-order valence-electron chi connectivity index (χ4n) is 2.08. The number of rotatable bonds is 3. The maximum absolute atomic E-state index is 13.4. The van der Waals surface area contributed by atoms with E-state index in [9.17, 15) is 18.0 Å². The Labute approximate surface area is 128 Å². The number of amides is 1. The van der Waals surface area contributed by atoms with Crippen LogP contribution in [0.2, 0.25) is 5.02 Å². The Balaban J connectivity index is 2.07. The Hall–Kier alpha value is -2.02. The number of alkyl halides is 3. The monoisotopic (exact) mass is 329 g/mol. The molecule has 0 bridgehead atoms. The predicted molar refractivity (Wildman–Crippen MR) is 74.1 cm³/mol. The van der Waals surface area contributed by atoms with E-state index in [-0.39, 0.29) is 16.8 Å². The summed E-state index contributed by atoms with van der Waals surface area (Å²) in [5.74, 6) is -0.761. The van der Waals surface area contributed by atoms with Gasteiger partial charge in [-0.2, -0.15) is 18.3 Å². The van der Waals surface area contributed by atoms with Crippen LogP contribution in [0.5, 0.6) is 0 Å². The lowest BCUT2D eigenvalue weighted by molar-refractivity contribution is -0.143. The van der Waals surface area contributed by atoms with E-state index in [1.54, 1.807) is 6.07 Å². The second-order valence-electron chi connectivity index (χ2n) is 5.04. The van der Waals surface area contributed by atoms with E-state index in [0.29, 0.717) is 4.68 Å². The highest BCUT2D eigenvalue weighted by Crippen LogP contribution is 2.34. The molecule has 1 fully saturated rings. The van der Waals surface area contributed by atoms with Crippen molar-refractivity contribution in [2.75, 3.05) is 0 Å². The van der Waals surface area contributed by atoms with Crippen LogP contribution in [0.1, 0.15) is 28.9 Å². The summed E-state index contributed by atoms with van der Waals surface area (Å²) in [5.41, 5.74) is -1.45. The normalized spacial score (nSPS) is 14.9. The third-order valence-electron chi connectivity index (χ3n) is 3.25. The topological polar surface area (TPSA) is 46.9 Å². The predicted octanol–water partition coefficient (Wildman–Crippen LogP) is 3.44. The van der Waals surface area contributed by atoms with Crippen molar-refractivity contribution in [2.24, 2.45) is 0 Å². The van der Waals surface area contributed by atoms with E-state index in [0.717, 1.165) is 19.0 Å². The summed E-state index contributed by atoms with van der Waals surface area (Å²) in [4.78, 5) is 12.0. The van der Waals surface area contributed by atoms with Gasteiger partial charge in [-0.3, -0.25) is 4.79 Å². The van der Waals surface area contributed by atoms with Crippen LogP contribution in [0.3, 0.4) is 0 Å². The number of carbonyl (C=O) groups is 1. The molecule has 22 heavy (non-hydrogen) atoms. The van der Waals surface area contributed by atoms with E-state index < -0.39 is 23.3 Å². The van der Waals surface area contributed by atoms with Gasteiger partial charge < -0.3 is 5.32 Å². The van der Waals surface area contributed by atoms with Crippen molar-refractivity contribution in [3.05, 3.63) is 46.7 Å². The molecule has 1 N–H and O–H groups in total. The van der Waals surface area contributed by atoms with Crippen LogP contribution >= 0.6 is 11.6 Å². The third-order valence-corrected chi connectivity index (χ3v) is 3.48. The van der Waals surface area contributed by atoms with E-state index in [1.807, 2.05) is 0 Å². The van der Waals surface area contributed by atoms with Gasteiger partial charge in [0.15, 0.2) is 5.69 Å². The first kappa shape index (κ1) is 14.9. The first-order valence-electron chi connectivity index (χ1n) is 6.58. The van der Waals surface area contributed by atoms with Crippen LogP contribution in [-0.4, -0.2) is 21.7 Å². The van der Waals surface area contributed by atoms with Gasteiger partial charge in [0.05, 0.1) is 17.4 Å². The van der Waals surface area contributed by atoms with Crippen molar-refractivity contribution in [1.82, 2.24) is 15.1 Å². The number of hydrogen-bond acceptors (Lipinski definition) is 2. The van der Waals surface area contributed by atoms with Crippen molar-refractivity contribution < 1.29 is 18.0 Å². The average Bonchev–Trinajstić information content (AvgIpc) is 3.11. The number of nitrogens with zero attached hydrogens (tertiary/aromatic N) is 2. The summed E-state index contributed by atoms with van der Waals surface area (Å²) in [6, 6.07) is 5.82. The second kappa shape index (κ2) is 5.31. The first-order chi connectivity index (χ1) is 10.4. The van der Waals surface area contributed by atoms with Gasteiger partial charge in [-0.1, -0.05) is 17.7 Å². The van der Waals surface area contributed by atoms with Crippen LogP contribution in [0.25, 0.3) is 5.69 Å². The van der Waals surface area contributed by atoms with Crippen molar-refractivity contribution in [1.29, 1.82) is 0 Å². The SMILES string of the molecule is O=C(NC1CC1)c1cnn(-c2cccc(Cl)c2)c1C(F)(F)F. The summed E-state index contributed by atoms with van der Waals surface area (Å²) in [5, 5.41) is 6.54. The largest absolute Gasteiger partial charge is 0.434 e. The number of nitrogens with one attached hydrogen (secondary N) is 1. The molecule has 8 heteroatoms. The molecule has 0 radical (unpaired) electrons. The lowest BCUT2D eigenvalue weighted by Gasteiger charge is -2.13. The van der Waals surface area contributed by atoms with Gasteiger partial charge in [-0.25, -0.2) is 4.68 Å². The molecule has 1 saturated carbocycles. The first-order valence-corrected chi connectivity index (χ1v) is 6.96. The Bertz CT molecular complexity index is 722. The van der Waals surface area contributed by atoms with Gasteiger partial charge in [0, 0.05) is 11.1 Å². The highest BCUT2D eigenvalue weighted by molar-refractivity contribution is 6.30. The molecule has 1 amide bonds. The van der Waals surface area contributed by atoms with Crippen LogP contribution in [-0.2, 0) is 6.18 Å². The van der Waals surface area contributed by atoms with E-state index in [2.05, 4.69) is 10.4 Å². The van der Waals surface area contributed by atoms with Crippen molar-refractivity contribution >= 4 is 17.5 Å². The summed E-state index contributed by atoms with van der Waals surface area (Å²) < 4.78 is 40.8. The summed E-state index contributed by atoms with van der Waals surface area (Å²) in [6.07, 6.45) is -2.21. The van der Waals surface area contributed by atoms with Crippen LogP contribution in [0.4, 0.5) is 13.2 Å². The molecule has 1 aromatic heterocycles. The van der Waals surface area contributed by atoms with Gasteiger partial charge in [0.1, 0.15) is 0 Å². The van der Waals surface area contributed by atoms with Crippen molar-refractivity contribution in [3.63, 3.8) is 0 Å². The Morgan fingerprint density at radius 1 is 1.36 bits per heavy atom. The molecule has 1 heterocycles. The number of halogens is 4. The maximum Gasteiger partial charge on any atom is 0.434 e. The molecular weight excluding hydrogens is 319 g/mol. The molecule has 4 nitrogen and oxygen atoms in total. The lowest BCUT2D eigenvalue weighted by Crippen LogP contribution is -2.28. The molecule has 1 aliphatic rings. The quantitative estimate of drug-likeness (QED) is 0.937. The third kappa shape index (κ3) is 2.94. The van der Waals surface area contributed by atoms with E-state index in [4.69, 9.17) is 11.6 Å². The molecule has 116 valence electrons. The lowest BCUT2D eigenvalue weighted by atomic mass is 10.2. The molecule has 3 rings (SSSR count). The van der Waals surface area contributed by atoms with Gasteiger partial charge in [-0.05, 0) is 31.0 Å². The van der Waals surface area contributed by atoms with E-state index >= 15 is 0 Å². The number of hydrogen-bond donors (Lipinski definition) is 1. The molecule has 1 aromatic carbocycles. The molecule has 0 atom stereocenters. The fourth-order valence-corrected chi connectivity index (χ4v) is 2.27. The zero-order chi connectivity index (χ0) is 15.9. The van der Waals surface area contributed by atoms with Gasteiger partial charge in [0.25, 0.3) is 5.91 Å². The second-order valence-corrected chi connectivity index (χ2v) is 5.48. The highest BCUT2D eigenvalue weighted by Gasteiger charge is 2.41. The number of carbonyl (C=O) groups excluding carboxylic acids is 1. The Kier molecular flexibility index (Phi) is 3.60. The van der Waals surface area contributed by atoms with Crippen LogP contribution < -0.4 is 5.32 Å². The summed E-state index contributed by atoms with van der Waals surface area (Å²) >= 11 is 5.81. The van der Waals surface area contributed by atoms with Crippen LogP contribution in [0.15, 0.2) is 30.5 Å².